The summed E-state index contributed by atoms with van der Waals surface area (Å²) in [7, 11) is -1.99. The number of rotatable bonds is 5. The molecule has 0 saturated heterocycles. The first-order chi connectivity index (χ1) is 9.95. The van der Waals surface area contributed by atoms with E-state index in [0.717, 1.165) is 19.3 Å². The van der Waals surface area contributed by atoms with Gasteiger partial charge in [-0.1, -0.05) is 37.5 Å². The van der Waals surface area contributed by atoms with Crippen LogP contribution in [-0.2, 0) is 10.0 Å². The van der Waals surface area contributed by atoms with Gasteiger partial charge in [0, 0.05) is 5.56 Å². The summed E-state index contributed by atoms with van der Waals surface area (Å²) in [6.07, 6.45) is 4.36. The summed E-state index contributed by atoms with van der Waals surface area (Å²) in [5, 5.41) is -0.365. The van der Waals surface area contributed by atoms with Gasteiger partial charge in [-0.2, -0.15) is 0 Å². The molecule has 1 fully saturated rings. The largest absolute Gasteiger partial charge is 0.495 e. The SMILES string of the molecule is COc1cccc(C(N)=S)c1NS(=O)(=O)C1CCCCC1. The predicted molar refractivity (Wildman–Crippen MR) is 88.3 cm³/mol. The van der Waals surface area contributed by atoms with E-state index in [2.05, 4.69) is 4.72 Å². The van der Waals surface area contributed by atoms with E-state index in [4.69, 9.17) is 22.7 Å². The predicted octanol–water partition coefficient (Wildman–Crippen LogP) is 2.40. The molecule has 0 radical (unpaired) electrons. The lowest BCUT2D eigenvalue weighted by atomic mass is 10.0. The van der Waals surface area contributed by atoms with Gasteiger partial charge in [-0.25, -0.2) is 8.42 Å². The van der Waals surface area contributed by atoms with E-state index in [0.29, 0.717) is 29.8 Å². The number of para-hydroxylation sites is 1. The highest BCUT2D eigenvalue weighted by molar-refractivity contribution is 7.93. The molecule has 5 nitrogen and oxygen atoms in total. The molecule has 116 valence electrons. The number of ether oxygens (including phenoxy) is 1. The van der Waals surface area contributed by atoms with Crippen molar-refractivity contribution in [3.05, 3.63) is 23.8 Å². The number of benzene rings is 1. The van der Waals surface area contributed by atoms with E-state index in [-0.39, 0.29) is 10.2 Å². The number of hydrogen-bond acceptors (Lipinski definition) is 4. The van der Waals surface area contributed by atoms with Crippen LogP contribution >= 0.6 is 12.2 Å². The molecule has 0 aliphatic heterocycles. The Morgan fingerprint density at radius 2 is 2.00 bits per heavy atom. The lowest BCUT2D eigenvalue weighted by Gasteiger charge is -2.24. The van der Waals surface area contributed by atoms with Crippen LogP contribution in [0.3, 0.4) is 0 Å². The number of methoxy groups -OCH3 is 1. The molecule has 0 unspecified atom stereocenters. The second-order valence-corrected chi connectivity index (χ2v) is 7.55. The zero-order valence-electron chi connectivity index (χ0n) is 12.0. The third-order valence-corrected chi connectivity index (χ3v) is 5.80. The van der Waals surface area contributed by atoms with Crippen molar-refractivity contribution in [3.63, 3.8) is 0 Å². The Hall–Kier alpha value is -1.34. The lowest BCUT2D eigenvalue weighted by molar-refractivity contribution is 0.416. The Morgan fingerprint density at radius 3 is 2.57 bits per heavy atom. The molecule has 3 N–H and O–H groups in total. The van der Waals surface area contributed by atoms with E-state index >= 15 is 0 Å². The first kappa shape index (κ1) is 16.0. The van der Waals surface area contributed by atoms with Crippen molar-refractivity contribution < 1.29 is 13.2 Å². The van der Waals surface area contributed by atoms with Gasteiger partial charge in [-0.3, -0.25) is 4.72 Å². The van der Waals surface area contributed by atoms with E-state index in [1.54, 1.807) is 18.2 Å². The molecule has 0 amide bonds. The van der Waals surface area contributed by atoms with Gasteiger partial charge >= 0.3 is 0 Å². The molecular weight excluding hydrogens is 308 g/mol. The van der Waals surface area contributed by atoms with Gasteiger partial charge in [-0.05, 0) is 25.0 Å². The standard InChI is InChI=1S/C14H20N2O3S2/c1-19-12-9-5-8-11(14(15)20)13(12)16-21(17,18)10-6-3-2-4-7-10/h5,8-10,16H,2-4,6-7H2,1H3,(H2,15,20). The van der Waals surface area contributed by atoms with Crippen molar-refractivity contribution in [1.29, 1.82) is 0 Å². The van der Waals surface area contributed by atoms with Crippen LogP contribution in [0.25, 0.3) is 0 Å². The third kappa shape index (κ3) is 3.65. The van der Waals surface area contributed by atoms with Crippen LogP contribution in [0, 0.1) is 0 Å². The molecule has 0 atom stereocenters. The van der Waals surface area contributed by atoms with Crippen LogP contribution in [0.5, 0.6) is 5.75 Å². The molecule has 1 aliphatic carbocycles. The fourth-order valence-electron chi connectivity index (χ4n) is 2.61. The molecule has 1 aliphatic rings. The first-order valence-corrected chi connectivity index (χ1v) is 8.89. The smallest absolute Gasteiger partial charge is 0.235 e. The van der Waals surface area contributed by atoms with Crippen molar-refractivity contribution >= 4 is 32.9 Å². The van der Waals surface area contributed by atoms with Gasteiger partial charge in [0.2, 0.25) is 10.0 Å². The van der Waals surface area contributed by atoms with Crippen molar-refractivity contribution in [3.8, 4) is 5.75 Å². The number of nitrogens with two attached hydrogens (primary N) is 1. The van der Waals surface area contributed by atoms with E-state index < -0.39 is 10.0 Å². The van der Waals surface area contributed by atoms with Crippen molar-refractivity contribution in [2.45, 2.75) is 37.4 Å². The molecule has 21 heavy (non-hydrogen) atoms. The number of thiocarbonyl (C=S) groups is 1. The van der Waals surface area contributed by atoms with E-state index in [1.165, 1.54) is 7.11 Å². The third-order valence-electron chi connectivity index (χ3n) is 3.75. The minimum atomic E-state index is -3.47. The average Bonchev–Trinajstić information content (AvgIpc) is 2.47. The summed E-state index contributed by atoms with van der Waals surface area (Å²) in [5.74, 6) is 0.416. The Balaban J connectivity index is 2.35. The van der Waals surface area contributed by atoms with E-state index in [9.17, 15) is 8.42 Å². The molecule has 2 rings (SSSR count). The van der Waals surface area contributed by atoms with Gasteiger partial charge in [0.1, 0.15) is 16.4 Å². The molecule has 0 heterocycles. The van der Waals surface area contributed by atoms with Crippen LogP contribution in [0.1, 0.15) is 37.7 Å². The fourth-order valence-corrected chi connectivity index (χ4v) is 4.40. The monoisotopic (exact) mass is 328 g/mol. The van der Waals surface area contributed by atoms with Gasteiger partial charge in [0.15, 0.2) is 0 Å². The molecular formula is C14H20N2O3S2. The van der Waals surface area contributed by atoms with E-state index in [1.807, 2.05) is 0 Å². The first-order valence-electron chi connectivity index (χ1n) is 6.94. The second kappa shape index (κ2) is 6.62. The maximum atomic E-state index is 12.5. The molecule has 7 heteroatoms. The number of nitrogens with one attached hydrogen (secondary N) is 1. The minimum absolute atomic E-state index is 0.134. The summed E-state index contributed by atoms with van der Waals surface area (Å²) in [5.41, 5.74) is 6.48. The quantitative estimate of drug-likeness (QED) is 0.811. The summed E-state index contributed by atoms with van der Waals surface area (Å²) in [6, 6.07) is 5.09. The van der Waals surface area contributed by atoms with Crippen LogP contribution in [-0.4, -0.2) is 25.8 Å². The van der Waals surface area contributed by atoms with Crippen molar-refractivity contribution in [2.24, 2.45) is 5.73 Å². The highest BCUT2D eigenvalue weighted by Crippen LogP contribution is 2.32. The van der Waals surface area contributed by atoms with Gasteiger partial charge in [0.25, 0.3) is 0 Å². The topological polar surface area (TPSA) is 81.4 Å². The van der Waals surface area contributed by atoms with Crippen LogP contribution in [0.15, 0.2) is 18.2 Å². The molecule has 1 aromatic rings. The Bertz CT molecular complexity index is 623. The molecule has 0 spiro atoms. The van der Waals surface area contributed by atoms with Gasteiger partial charge < -0.3 is 10.5 Å². The normalized spacial score (nSPS) is 16.4. The van der Waals surface area contributed by atoms with Crippen molar-refractivity contribution in [1.82, 2.24) is 0 Å². The Kier molecular flexibility index (Phi) is 5.05. The highest BCUT2D eigenvalue weighted by Gasteiger charge is 2.29. The number of hydrogen-bond donors (Lipinski definition) is 2. The maximum Gasteiger partial charge on any atom is 0.235 e. The summed E-state index contributed by atoms with van der Waals surface area (Å²) >= 11 is 4.99. The van der Waals surface area contributed by atoms with Crippen LogP contribution in [0.2, 0.25) is 0 Å². The number of sulfonamides is 1. The summed E-state index contributed by atoms with van der Waals surface area (Å²) in [4.78, 5) is 0.134. The Labute approximate surface area is 130 Å². The van der Waals surface area contributed by atoms with Crippen LogP contribution in [0.4, 0.5) is 5.69 Å². The summed E-state index contributed by atoms with van der Waals surface area (Å²) in [6.45, 7) is 0. The molecule has 1 aromatic carbocycles. The molecule has 0 bridgehead atoms. The van der Waals surface area contributed by atoms with Gasteiger partial charge in [-0.15, -0.1) is 0 Å². The van der Waals surface area contributed by atoms with Crippen molar-refractivity contribution in [2.75, 3.05) is 11.8 Å². The zero-order chi connectivity index (χ0) is 15.5. The summed E-state index contributed by atoms with van der Waals surface area (Å²) < 4.78 is 33.0. The van der Waals surface area contributed by atoms with Gasteiger partial charge in [0.05, 0.1) is 12.4 Å². The second-order valence-electron chi connectivity index (χ2n) is 5.15. The number of anilines is 1. The Morgan fingerprint density at radius 1 is 1.33 bits per heavy atom. The molecule has 0 aromatic heterocycles. The fraction of sp³-hybridized carbons (Fsp3) is 0.500. The average molecular weight is 328 g/mol. The highest BCUT2D eigenvalue weighted by atomic mass is 32.2. The maximum absolute atomic E-state index is 12.5. The van der Waals surface area contributed by atoms with Crippen LogP contribution < -0.4 is 15.2 Å². The molecule has 1 saturated carbocycles. The lowest BCUT2D eigenvalue weighted by Crippen LogP contribution is -2.30. The minimum Gasteiger partial charge on any atom is -0.495 e. The zero-order valence-corrected chi connectivity index (χ0v) is 13.6.